The zero-order chi connectivity index (χ0) is 18.4. The van der Waals surface area contributed by atoms with Crippen molar-refractivity contribution in [3.63, 3.8) is 0 Å². The van der Waals surface area contributed by atoms with Crippen molar-refractivity contribution in [1.82, 2.24) is 20.1 Å². The molecule has 1 aliphatic heterocycles. The molecule has 1 aliphatic rings. The van der Waals surface area contributed by atoms with Crippen LogP contribution in [0.1, 0.15) is 44.2 Å². The number of aromatic nitrogens is 3. The predicted molar refractivity (Wildman–Crippen MR) is 94.9 cm³/mol. The second kappa shape index (κ2) is 8.84. The van der Waals surface area contributed by atoms with Gasteiger partial charge in [0, 0.05) is 24.2 Å². The van der Waals surface area contributed by atoms with Crippen molar-refractivity contribution in [2.24, 2.45) is 0 Å². The van der Waals surface area contributed by atoms with Gasteiger partial charge in [0.05, 0.1) is 5.69 Å². The number of halogens is 2. The van der Waals surface area contributed by atoms with Crippen molar-refractivity contribution in [2.75, 3.05) is 25.0 Å². The Labute approximate surface area is 151 Å². The summed E-state index contributed by atoms with van der Waals surface area (Å²) in [5.41, 5.74) is 0.977. The molecule has 2 N–H and O–H groups in total. The third kappa shape index (κ3) is 5.08. The molecule has 1 amide bonds. The molecule has 3 rings (SSSR count). The summed E-state index contributed by atoms with van der Waals surface area (Å²) >= 11 is 0. The number of nitrogens with zero attached hydrogens (tertiary/aromatic N) is 3. The maximum atomic E-state index is 12.5. The van der Waals surface area contributed by atoms with E-state index < -0.39 is 6.43 Å². The molecule has 26 heavy (non-hydrogen) atoms. The van der Waals surface area contributed by atoms with Gasteiger partial charge in [0.1, 0.15) is 5.69 Å². The van der Waals surface area contributed by atoms with E-state index in [2.05, 4.69) is 25.4 Å². The zero-order valence-corrected chi connectivity index (χ0v) is 14.5. The molecule has 0 spiro atoms. The number of piperidine rings is 1. The fourth-order valence-electron chi connectivity index (χ4n) is 3.08. The van der Waals surface area contributed by atoms with Gasteiger partial charge in [0.2, 0.25) is 5.91 Å². The highest BCUT2D eigenvalue weighted by atomic mass is 19.3. The van der Waals surface area contributed by atoms with E-state index in [9.17, 15) is 13.6 Å². The van der Waals surface area contributed by atoms with Crippen LogP contribution in [0.2, 0.25) is 0 Å². The van der Waals surface area contributed by atoms with E-state index in [-0.39, 0.29) is 11.6 Å². The van der Waals surface area contributed by atoms with Gasteiger partial charge in [0.25, 0.3) is 6.43 Å². The van der Waals surface area contributed by atoms with Crippen LogP contribution in [0.3, 0.4) is 0 Å². The number of rotatable bonds is 7. The number of nitrogens with one attached hydrogen (secondary N) is 2. The molecule has 140 valence electrons. The maximum Gasteiger partial charge on any atom is 0.280 e. The van der Waals surface area contributed by atoms with Crippen LogP contribution in [-0.4, -0.2) is 45.6 Å². The van der Waals surface area contributed by atoms with Crippen molar-refractivity contribution in [2.45, 2.75) is 38.5 Å². The van der Waals surface area contributed by atoms with E-state index in [1.807, 2.05) is 0 Å². The lowest BCUT2D eigenvalue weighted by Gasteiger charge is -2.26. The minimum Gasteiger partial charge on any atom is -0.309 e. The topological polar surface area (TPSA) is 73.9 Å². The summed E-state index contributed by atoms with van der Waals surface area (Å²) in [6.07, 6.45) is 3.83. The number of pyridine rings is 1. The zero-order valence-electron chi connectivity index (χ0n) is 14.5. The first kappa shape index (κ1) is 18.4. The van der Waals surface area contributed by atoms with Crippen LogP contribution in [0, 0.1) is 0 Å². The number of likely N-dealkylation sites (tertiary alicyclic amines) is 1. The molecular weight excluding hydrogens is 340 g/mol. The average molecular weight is 363 g/mol. The largest absolute Gasteiger partial charge is 0.309 e. The lowest BCUT2D eigenvalue weighted by Crippen LogP contribution is -2.31. The third-order valence-electron chi connectivity index (χ3n) is 4.49. The van der Waals surface area contributed by atoms with Gasteiger partial charge in [-0.1, -0.05) is 6.42 Å². The summed E-state index contributed by atoms with van der Waals surface area (Å²) in [7, 11) is 0. The smallest absolute Gasteiger partial charge is 0.280 e. The number of alkyl halides is 2. The summed E-state index contributed by atoms with van der Waals surface area (Å²) < 4.78 is 25.1. The number of carbonyl (C=O) groups is 1. The first-order chi connectivity index (χ1) is 12.6. The summed E-state index contributed by atoms with van der Waals surface area (Å²) in [4.78, 5) is 18.2. The van der Waals surface area contributed by atoms with E-state index in [4.69, 9.17) is 0 Å². The summed E-state index contributed by atoms with van der Waals surface area (Å²) in [5.74, 6) is 0.340. The summed E-state index contributed by atoms with van der Waals surface area (Å²) in [5, 5.41) is 9.59. The van der Waals surface area contributed by atoms with Crippen molar-refractivity contribution < 1.29 is 13.6 Å². The second-order valence-corrected chi connectivity index (χ2v) is 6.49. The average Bonchev–Trinajstić information content (AvgIpc) is 3.11. The van der Waals surface area contributed by atoms with Gasteiger partial charge in [-0.3, -0.25) is 14.9 Å². The molecule has 0 bridgehead atoms. The maximum absolute atomic E-state index is 12.5. The number of anilines is 1. The number of hydrogen-bond donors (Lipinski definition) is 2. The highest BCUT2D eigenvalue weighted by molar-refractivity contribution is 5.90. The lowest BCUT2D eigenvalue weighted by molar-refractivity contribution is -0.116. The Balaban J connectivity index is 1.47. The van der Waals surface area contributed by atoms with Gasteiger partial charge >= 0.3 is 0 Å². The minimum atomic E-state index is -2.59. The molecule has 0 aromatic carbocycles. The Morgan fingerprint density at radius 3 is 2.77 bits per heavy atom. The van der Waals surface area contributed by atoms with Crippen molar-refractivity contribution in [3.8, 4) is 11.3 Å². The van der Waals surface area contributed by atoms with Gasteiger partial charge in [-0.2, -0.15) is 5.10 Å². The van der Waals surface area contributed by atoms with Gasteiger partial charge in [-0.15, -0.1) is 0 Å². The van der Waals surface area contributed by atoms with Gasteiger partial charge in [0.15, 0.2) is 5.82 Å². The molecule has 0 atom stereocenters. The molecule has 3 heterocycles. The lowest BCUT2D eigenvalue weighted by atomic mass is 10.1. The normalized spacial score (nSPS) is 15.3. The Bertz CT molecular complexity index is 711. The van der Waals surface area contributed by atoms with Crippen LogP contribution >= 0.6 is 0 Å². The first-order valence-electron chi connectivity index (χ1n) is 8.94. The molecule has 8 heteroatoms. The molecule has 2 aromatic rings. The fourth-order valence-corrected chi connectivity index (χ4v) is 3.08. The van der Waals surface area contributed by atoms with E-state index in [1.54, 1.807) is 12.1 Å². The molecule has 1 fully saturated rings. The quantitative estimate of drug-likeness (QED) is 0.788. The van der Waals surface area contributed by atoms with E-state index in [0.717, 1.165) is 26.1 Å². The van der Waals surface area contributed by atoms with Crippen LogP contribution < -0.4 is 5.32 Å². The number of aromatic amines is 1. The summed E-state index contributed by atoms with van der Waals surface area (Å²) in [6, 6.07) is 4.49. The Hall–Kier alpha value is -2.35. The first-order valence-corrected chi connectivity index (χ1v) is 8.94. The highest BCUT2D eigenvalue weighted by Gasteiger charge is 2.12. The van der Waals surface area contributed by atoms with Crippen molar-refractivity contribution in [3.05, 3.63) is 30.1 Å². The molecule has 0 unspecified atom stereocenters. The molecular formula is C18H23F2N5O. The van der Waals surface area contributed by atoms with Crippen molar-refractivity contribution in [1.29, 1.82) is 0 Å². The Morgan fingerprint density at radius 1 is 1.27 bits per heavy atom. The molecule has 1 saturated heterocycles. The fraction of sp³-hybridized carbons (Fsp3) is 0.500. The molecule has 0 radical (unpaired) electrons. The Kier molecular flexibility index (Phi) is 6.27. The highest BCUT2D eigenvalue weighted by Crippen LogP contribution is 2.22. The van der Waals surface area contributed by atoms with Crippen LogP contribution in [0.4, 0.5) is 14.6 Å². The van der Waals surface area contributed by atoms with Crippen molar-refractivity contribution >= 4 is 11.7 Å². The molecule has 0 aliphatic carbocycles. The minimum absolute atomic E-state index is 0.0776. The van der Waals surface area contributed by atoms with E-state index in [0.29, 0.717) is 23.5 Å². The number of amides is 1. The molecule has 2 aromatic heterocycles. The van der Waals surface area contributed by atoms with E-state index in [1.165, 1.54) is 31.5 Å². The van der Waals surface area contributed by atoms with Gasteiger partial charge in [-0.05, 0) is 51.0 Å². The molecule has 6 nitrogen and oxygen atoms in total. The predicted octanol–water partition coefficient (Wildman–Crippen LogP) is 3.61. The number of H-pyrrole nitrogens is 1. The monoisotopic (exact) mass is 363 g/mol. The van der Waals surface area contributed by atoms with E-state index >= 15 is 0 Å². The van der Waals surface area contributed by atoms with Crippen LogP contribution in [0.25, 0.3) is 11.3 Å². The third-order valence-corrected chi connectivity index (χ3v) is 4.49. The Morgan fingerprint density at radius 2 is 2.08 bits per heavy atom. The molecule has 0 saturated carbocycles. The SMILES string of the molecule is O=C(CCCN1CCCCC1)Nc1cc(-c2ccc(C(F)F)nc2)[nH]n1. The van der Waals surface area contributed by atoms with Crippen LogP contribution in [-0.2, 0) is 4.79 Å². The second-order valence-electron chi connectivity index (χ2n) is 6.49. The van der Waals surface area contributed by atoms with Gasteiger partial charge < -0.3 is 10.2 Å². The van der Waals surface area contributed by atoms with Crippen LogP contribution in [0.5, 0.6) is 0 Å². The van der Waals surface area contributed by atoms with Gasteiger partial charge in [-0.25, -0.2) is 8.78 Å². The summed E-state index contributed by atoms with van der Waals surface area (Å²) in [6.45, 7) is 3.20. The number of hydrogen-bond acceptors (Lipinski definition) is 4. The standard InChI is InChI=1S/C18H23F2N5O/c19-18(20)14-7-6-13(12-21-14)15-11-16(24-23-15)22-17(26)5-4-10-25-8-2-1-3-9-25/h6-7,11-12,18H,1-5,8-10H2,(H2,22,23,24,26). The van der Waals surface area contributed by atoms with Crippen LogP contribution in [0.15, 0.2) is 24.4 Å². The number of carbonyl (C=O) groups excluding carboxylic acids is 1.